The molecule has 1 unspecified atom stereocenters. The highest BCUT2D eigenvalue weighted by molar-refractivity contribution is 5.79. The van der Waals surface area contributed by atoms with Crippen LogP contribution in [-0.4, -0.2) is 102 Å². The lowest BCUT2D eigenvalue weighted by Crippen LogP contribution is -2.63. The molecule has 41 heavy (non-hydrogen) atoms. The van der Waals surface area contributed by atoms with Gasteiger partial charge in [-0.3, -0.25) is 14.4 Å². The van der Waals surface area contributed by atoms with Gasteiger partial charge in [0.15, 0.2) is 18.4 Å². The number of unbranched alkanes of at least 4 members (excludes halogenated alkanes) is 3. The molecular weight excluding hydrogens is 536 g/mol. The molecule has 0 bridgehead atoms. The lowest BCUT2D eigenvalue weighted by Gasteiger charge is -2.40. The van der Waals surface area contributed by atoms with Gasteiger partial charge in [-0.2, -0.15) is 0 Å². The smallest absolute Gasteiger partial charge is 0.232 e. The molecule has 0 radical (unpaired) electrons. The first-order valence-electron chi connectivity index (χ1n) is 14.6. The van der Waals surface area contributed by atoms with Crippen molar-refractivity contribution in [2.45, 2.75) is 122 Å². The second kappa shape index (κ2) is 20.0. The molecule has 0 aromatic carbocycles. The number of carbonyl (C=O) groups excluding carboxylic acids is 3. The van der Waals surface area contributed by atoms with Crippen LogP contribution in [0.4, 0.5) is 0 Å². The van der Waals surface area contributed by atoms with Crippen LogP contribution in [0.1, 0.15) is 85.5 Å². The molecular formula is C29H50N2O10. The van der Waals surface area contributed by atoms with E-state index in [2.05, 4.69) is 10.2 Å². The number of hydrogen-bond donors (Lipinski definition) is 4. The molecule has 1 aliphatic rings. The van der Waals surface area contributed by atoms with Crippen molar-refractivity contribution in [3.05, 3.63) is 11.4 Å². The minimum Gasteiger partial charge on any atom is -0.388 e. The Kier molecular flexibility index (Phi) is 18.1. The lowest BCUT2D eigenvalue weighted by molar-refractivity contribution is -0.315. The Morgan fingerprint density at radius 1 is 0.902 bits per heavy atom. The topological polar surface area (TPSA) is 165 Å². The third-order valence-electron chi connectivity index (χ3n) is 7.37. The summed E-state index contributed by atoms with van der Waals surface area (Å²) in [6.45, 7) is 15.9. The Balaban J connectivity index is 2.02. The third-order valence-corrected chi connectivity index (χ3v) is 7.37. The summed E-state index contributed by atoms with van der Waals surface area (Å²) in [5.41, 5.74) is -0.495. The summed E-state index contributed by atoms with van der Waals surface area (Å²) >= 11 is 0. The number of carbonyl (C=O) groups is 3. The van der Waals surface area contributed by atoms with Crippen LogP contribution >= 0.6 is 0 Å². The number of nitrogens with zero attached hydrogens (tertiary/aromatic N) is 1. The van der Waals surface area contributed by atoms with Gasteiger partial charge >= 0.3 is 0 Å². The van der Waals surface area contributed by atoms with Crippen LogP contribution in [0.3, 0.4) is 0 Å². The van der Waals surface area contributed by atoms with Crippen molar-refractivity contribution >= 4 is 17.5 Å². The summed E-state index contributed by atoms with van der Waals surface area (Å²) in [7, 11) is 0. The van der Waals surface area contributed by atoms with Crippen molar-refractivity contribution in [2.75, 3.05) is 33.0 Å². The van der Waals surface area contributed by atoms with Crippen LogP contribution in [0.25, 0.3) is 4.85 Å². The molecule has 1 rings (SSSR count). The first kappa shape index (κ1) is 37.0. The monoisotopic (exact) mass is 586 g/mol. The Labute approximate surface area is 243 Å². The van der Waals surface area contributed by atoms with E-state index in [1.807, 2.05) is 20.8 Å². The number of hydrogen-bond acceptors (Lipinski definition) is 10. The Morgan fingerprint density at radius 2 is 1.56 bits per heavy atom. The molecule has 0 spiro atoms. The van der Waals surface area contributed by atoms with E-state index in [-0.39, 0.29) is 30.7 Å². The lowest BCUT2D eigenvalue weighted by atomic mass is 9.84. The first-order valence-corrected chi connectivity index (χ1v) is 14.6. The maximum atomic E-state index is 12.1. The van der Waals surface area contributed by atoms with E-state index in [1.165, 1.54) is 6.92 Å². The summed E-state index contributed by atoms with van der Waals surface area (Å²) in [5.74, 6) is -0.0727. The second-order valence-electron chi connectivity index (χ2n) is 11.1. The van der Waals surface area contributed by atoms with Crippen LogP contribution < -0.4 is 5.32 Å². The van der Waals surface area contributed by atoms with E-state index in [9.17, 15) is 29.7 Å². The minimum atomic E-state index is -1.62. The average molecular weight is 587 g/mol. The van der Waals surface area contributed by atoms with Gasteiger partial charge in [0.05, 0.1) is 13.2 Å². The van der Waals surface area contributed by atoms with E-state index in [0.29, 0.717) is 64.8 Å². The molecule has 0 aromatic rings. The second-order valence-corrected chi connectivity index (χ2v) is 11.1. The Hall–Kier alpha value is -1.98. The van der Waals surface area contributed by atoms with Crippen molar-refractivity contribution in [2.24, 2.45) is 5.92 Å². The fraction of sp³-hybridized carbons (Fsp3) is 0.862. The van der Waals surface area contributed by atoms with E-state index >= 15 is 0 Å². The van der Waals surface area contributed by atoms with Gasteiger partial charge in [0.25, 0.3) is 0 Å². The molecule has 12 heteroatoms. The number of Topliss-reactive ketones (excluding diaryl/α,β-unsaturated/α-hetero) is 2. The zero-order valence-corrected chi connectivity index (χ0v) is 25.0. The normalized spacial score (nSPS) is 24.0. The predicted molar refractivity (Wildman–Crippen MR) is 150 cm³/mol. The number of amides is 1. The molecule has 0 aromatic heterocycles. The van der Waals surface area contributed by atoms with Gasteiger partial charge in [-0.15, -0.1) is 0 Å². The highest BCUT2D eigenvalue weighted by Gasteiger charge is 2.45. The summed E-state index contributed by atoms with van der Waals surface area (Å²) < 4.78 is 21.6. The van der Waals surface area contributed by atoms with Crippen LogP contribution in [0, 0.1) is 12.5 Å². The largest absolute Gasteiger partial charge is 0.388 e. The standard InChI is InChI=1S/C29H50N2O10/c1-20(2)29(4,30-5)14-13-22(33)12-10-15-38-17-18-39-19-23(34)11-8-6-7-9-16-40-28-24(31-21(3)32)25(35)26(36)27(37)41-28/h20,24-28,35-37H,6-19H2,1-4H3,(H,31,32)/t24-,25-,26-,27+,28-,29?/m1/s1. The summed E-state index contributed by atoms with van der Waals surface area (Å²) in [6.07, 6.45) is -0.333. The molecule has 0 aliphatic carbocycles. The number of aliphatic hydroxyl groups is 3. The van der Waals surface area contributed by atoms with Crippen molar-refractivity contribution in [3.63, 3.8) is 0 Å². The van der Waals surface area contributed by atoms with Crippen LogP contribution in [0.2, 0.25) is 0 Å². The first-order chi connectivity index (χ1) is 19.4. The number of ketones is 2. The number of ether oxygens (including phenoxy) is 4. The average Bonchev–Trinajstić information content (AvgIpc) is 2.92. The van der Waals surface area contributed by atoms with Gasteiger partial charge in [0, 0.05) is 58.7 Å². The molecule has 1 fully saturated rings. The van der Waals surface area contributed by atoms with E-state index in [1.54, 1.807) is 0 Å². The maximum Gasteiger partial charge on any atom is 0.232 e. The molecule has 236 valence electrons. The van der Waals surface area contributed by atoms with E-state index < -0.39 is 42.3 Å². The maximum absolute atomic E-state index is 12.1. The Bertz CT molecular complexity index is 833. The number of rotatable bonds is 22. The van der Waals surface area contributed by atoms with Crippen LogP contribution in [-0.2, 0) is 33.3 Å². The Morgan fingerprint density at radius 3 is 2.22 bits per heavy atom. The van der Waals surface area contributed by atoms with Crippen molar-refractivity contribution in [3.8, 4) is 0 Å². The van der Waals surface area contributed by atoms with Crippen LogP contribution in [0.15, 0.2) is 0 Å². The van der Waals surface area contributed by atoms with Crippen molar-refractivity contribution in [1.29, 1.82) is 0 Å². The predicted octanol–water partition coefficient (Wildman–Crippen LogP) is 1.92. The molecule has 12 nitrogen and oxygen atoms in total. The number of aliphatic hydroxyl groups excluding tert-OH is 3. The fourth-order valence-corrected chi connectivity index (χ4v) is 4.19. The van der Waals surface area contributed by atoms with Gasteiger partial charge < -0.3 is 44.4 Å². The highest BCUT2D eigenvalue weighted by atomic mass is 16.7. The van der Waals surface area contributed by atoms with E-state index in [0.717, 1.165) is 12.8 Å². The van der Waals surface area contributed by atoms with Crippen molar-refractivity contribution in [1.82, 2.24) is 5.32 Å². The quantitative estimate of drug-likeness (QED) is 0.109. The molecule has 1 amide bonds. The van der Waals surface area contributed by atoms with Gasteiger partial charge in [0.1, 0.15) is 30.6 Å². The molecule has 1 aliphatic heterocycles. The molecule has 1 saturated heterocycles. The molecule has 1 heterocycles. The number of nitrogens with one attached hydrogen (secondary N) is 1. The zero-order valence-electron chi connectivity index (χ0n) is 25.0. The van der Waals surface area contributed by atoms with Gasteiger partial charge in [-0.05, 0) is 19.3 Å². The zero-order chi connectivity index (χ0) is 30.8. The fourth-order valence-electron chi connectivity index (χ4n) is 4.19. The summed E-state index contributed by atoms with van der Waals surface area (Å²) in [6, 6.07) is -1.01. The van der Waals surface area contributed by atoms with Crippen molar-refractivity contribution < 1.29 is 48.7 Å². The molecule has 0 saturated carbocycles. The third kappa shape index (κ3) is 14.7. The van der Waals surface area contributed by atoms with Gasteiger partial charge in [0.2, 0.25) is 11.4 Å². The van der Waals surface area contributed by atoms with Crippen LogP contribution in [0.5, 0.6) is 0 Å². The van der Waals surface area contributed by atoms with Gasteiger partial charge in [-0.1, -0.05) is 26.7 Å². The highest BCUT2D eigenvalue weighted by Crippen LogP contribution is 2.27. The molecule has 6 atom stereocenters. The minimum absolute atomic E-state index is 0.00921. The van der Waals surface area contributed by atoms with Gasteiger partial charge in [-0.25, -0.2) is 6.57 Å². The summed E-state index contributed by atoms with van der Waals surface area (Å²) in [5, 5.41) is 32.0. The summed E-state index contributed by atoms with van der Waals surface area (Å²) in [4.78, 5) is 39.1. The SMILES string of the molecule is [C-]#[N+]C(C)(CCC(=O)CCCOCCOCC(=O)CCCCCCO[C@@H]1O[C@H](O)[C@H](O)[C@H](O)[C@H]1NC(C)=O)C(C)C. The molecule has 4 N–H and O–H groups in total. The van der Waals surface area contributed by atoms with E-state index in [4.69, 9.17) is 25.5 Å².